The molecule has 0 saturated carbocycles. The van der Waals surface area contributed by atoms with E-state index in [-0.39, 0.29) is 0 Å². The molecule has 0 bridgehead atoms. The van der Waals surface area contributed by atoms with Crippen LogP contribution in [-0.2, 0) is 13.6 Å². The van der Waals surface area contributed by atoms with E-state index in [1.54, 1.807) is 4.80 Å². The van der Waals surface area contributed by atoms with Gasteiger partial charge in [-0.15, -0.1) is 0 Å². The molecule has 0 spiro atoms. The van der Waals surface area contributed by atoms with E-state index in [1.807, 2.05) is 7.05 Å². The van der Waals surface area contributed by atoms with E-state index in [0.717, 1.165) is 24.5 Å². The van der Waals surface area contributed by atoms with Crippen molar-refractivity contribution in [2.75, 3.05) is 11.4 Å². The summed E-state index contributed by atoms with van der Waals surface area (Å²) in [4.78, 5) is 4.08. The molecule has 0 saturated heterocycles. The van der Waals surface area contributed by atoms with Gasteiger partial charge in [0, 0.05) is 19.2 Å². The Balaban J connectivity index is 2.27. The molecule has 0 radical (unpaired) electrons. The quantitative estimate of drug-likeness (QED) is 0.828. The molecular formula is C15H20N4. The second kappa shape index (κ2) is 4.37. The lowest BCUT2D eigenvalue weighted by atomic mass is 9.92. The van der Waals surface area contributed by atoms with Crippen molar-refractivity contribution in [2.45, 2.75) is 33.2 Å². The highest BCUT2D eigenvalue weighted by atomic mass is 15.5. The van der Waals surface area contributed by atoms with Crippen molar-refractivity contribution in [3.63, 3.8) is 0 Å². The molecule has 0 atom stereocenters. The van der Waals surface area contributed by atoms with Crippen molar-refractivity contribution in [1.82, 2.24) is 15.0 Å². The minimum Gasteiger partial charge on any atom is -0.365 e. The first-order valence-corrected chi connectivity index (χ1v) is 6.90. The van der Waals surface area contributed by atoms with Crippen LogP contribution in [0.4, 0.5) is 5.69 Å². The van der Waals surface area contributed by atoms with Crippen molar-refractivity contribution in [3.8, 4) is 11.3 Å². The number of aryl methyl sites for hydroxylation is 1. The predicted octanol–water partition coefficient (Wildman–Crippen LogP) is 2.95. The van der Waals surface area contributed by atoms with Gasteiger partial charge in [0.2, 0.25) is 0 Å². The molecule has 100 valence electrons. The van der Waals surface area contributed by atoms with Gasteiger partial charge >= 0.3 is 0 Å². The molecule has 1 aliphatic rings. The lowest BCUT2D eigenvalue weighted by Gasteiger charge is -2.32. The molecule has 0 unspecified atom stereocenters. The van der Waals surface area contributed by atoms with Gasteiger partial charge in [-0.25, -0.2) is 0 Å². The zero-order valence-electron chi connectivity index (χ0n) is 12.0. The van der Waals surface area contributed by atoms with Crippen LogP contribution in [0.15, 0.2) is 18.2 Å². The highest BCUT2D eigenvalue weighted by Crippen LogP contribution is 2.41. The fourth-order valence-corrected chi connectivity index (χ4v) is 2.86. The molecule has 4 nitrogen and oxygen atoms in total. The van der Waals surface area contributed by atoms with E-state index < -0.39 is 0 Å². The molecular weight excluding hydrogens is 236 g/mol. The predicted molar refractivity (Wildman–Crippen MR) is 77.3 cm³/mol. The maximum Gasteiger partial charge on any atom is 0.120 e. The molecule has 1 aromatic carbocycles. The van der Waals surface area contributed by atoms with Crippen LogP contribution in [0.25, 0.3) is 11.3 Å². The summed E-state index contributed by atoms with van der Waals surface area (Å²) < 4.78 is 0. The van der Waals surface area contributed by atoms with Crippen LogP contribution >= 0.6 is 0 Å². The van der Waals surface area contributed by atoms with Crippen LogP contribution in [0.3, 0.4) is 0 Å². The van der Waals surface area contributed by atoms with Gasteiger partial charge in [0.05, 0.1) is 12.2 Å². The zero-order valence-corrected chi connectivity index (χ0v) is 12.0. The number of para-hydroxylation sites is 1. The third-order valence-electron chi connectivity index (χ3n) is 3.77. The molecule has 3 rings (SSSR count). The Bertz CT molecular complexity index is 613. The Kier molecular flexibility index (Phi) is 2.81. The SMILES string of the molecule is CCN1Cc2nn(C)nc2-c2cccc(C(C)C)c21. The van der Waals surface area contributed by atoms with Gasteiger partial charge in [0.1, 0.15) is 11.4 Å². The first-order chi connectivity index (χ1) is 9.11. The number of aromatic nitrogens is 3. The van der Waals surface area contributed by atoms with Gasteiger partial charge in [-0.1, -0.05) is 32.0 Å². The molecule has 1 aliphatic heterocycles. The Labute approximate surface area is 114 Å². The average molecular weight is 256 g/mol. The molecule has 0 aliphatic carbocycles. The second-order valence-electron chi connectivity index (χ2n) is 5.40. The van der Waals surface area contributed by atoms with Crippen LogP contribution in [0.2, 0.25) is 0 Å². The molecule has 0 amide bonds. The minimum atomic E-state index is 0.516. The third-order valence-corrected chi connectivity index (χ3v) is 3.77. The molecule has 0 N–H and O–H groups in total. The van der Waals surface area contributed by atoms with E-state index in [1.165, 1.54) is 16.8 Å². The Morgan fingerprint density at radius 2 is 2.05 bits per heavy atom. The van der Waals surface area contributed by atoms with E-state index in [2.05, 4.69) is 54.1 Å². The van der Waals surface area contributed by atoms with Crippen LogP contribution in [0.1, 0.15) is 37.9 Å². The van der Waals surface area contributed by atoms with E-state index >= 15 is 0 Å². The lowest BCUT2D eigenvalue weighted by molar-refractivity contribution is 0.643. The van der Waals surface area contributed by atoms with Crippen molar-refractivity contribution < 1.29 is 0 Å². The Morgan fingerprint density at radius 3 is 2.74 bits per heavy atom. The molecule has 2 heterocycles. The van der Waals surface area contributed by atoms with Gasteiger partial charge in [-0.3, -0.25) is 0 Å². The third kappa shape index (κ3) is 1.82. The first-order valence-electron chi connectivity index (χ1n) is 6.90. The Hall–Kier alpha value is -1.84. The topological polar surface area (TPSA) is 34.0 Å². The van der Waals surface area contributed by atoms with E-state index in [4.69, 9.17) is 0 Å². The van der Waals surface area contributed by atoms with Crippen LogP contribution in [0, 0.1) is 0 Å². The van der Waals surface area contributed by atoms with Crippen LogP contribution < -0.4 is 4.90 Å². The fourth-order valence-electron chi connectivity index (χ4n) is 2.86. The summed E-state index contributed by atoms with van der Waals surface area (Å²) in [6, 6.07) is 6.52. The number of hydrogen-bond donors (Lipinski definition) is 0. The monoisotopic (exact) mass is 256 g/mol. The fraction of sp³-hybridized carbons (Fsp3) is 0.467. The average Bonchev–Trinajstić information content (AvgIpc) is 2.77. The lowest BCUT2D eigenvalue weighted by Crippen LogP contribution is -2.27. The van der Waals surface area contributed by atoms with Gasteiger partial charge < -0.3 is 4.90 Å². The number of nitrogens with zero attached hydrogens (tertiary/aromatic N) is 4. The maximum absolute atomic E-state index is 4.54. The summed E-state index contributed by atoms with van der Waals surface area (Å²) >= 11 is 0. The number of benzene rings is 1. The van der Waals surface area contributed by atoms with Crippen LogP contribution in [-0.4, -0.2) is 21.5 Å². The van der Waals surface area contributed by atoms with E-state index in [0.29, 0.717) is 5.92 Å². The molecule has 19 heavy (non-hydrogen) atoms. The van der Waals surface area contributed by atoms with Crippen LogP contribution in [0.5, 0.6) is 0 Å². The van der Waals surface area contributed by atoms with Crippen molar-refractivity contribution in [1.29, 1.82) is 0 Å². The largest absolute Gasteiger partial charge is 0.365 e. The highest BCUT2D eigenvalue weighted by molar-refractivity contribution is 5.83. The summed E-state index contributed by atoms with van der Waals surface area (Å²) in [7, 11) is 1.89. The minimum absolute atomic E-state index is 0.516. The molecule has 0 fully saturated rings. The Morgan fingerprint density at radius 1 is 1.26 bits per heavy atom. The van der Waals surface area contributed by atoms with Crippen molar-refractivity contribution >= 4 is 5.69 Å². The summed E-state index contributed by atoms with van der Waals surface area (Å²) in [5.41, 5.74) is 6.09. The number of fused-ring (bicyclic) bond motifs is 3. The van der Waals surface area contributed by atoms with Gasteiger partial charge in [-0.2, -0.15) is 15.0 Å². The molecule has 1 aromatic heterocycles. The maximum atomic E-state index is 4.54. The first kappa shape index (κ1) is 12.2. The summed E-state index contributed by atoms with van der Waals surface area (Å²) in [6.07, 6.45) is 0. The van der Waals surface area contributed by atoms with Gasteiger partial charge in [-0.05, 0) is 18.4 Å². The molecule has 2 aromatic rings. The van der Waals surface area contributed by atoms with Crippen molar-refractivity contribution in [2.24, 2.45) is 7.05 Å². The second-order valence-corrected chi connectivity index (χ2v) is 5.40. The normalized spacial score (nSPS) is 13.6. The smallest absolute Gasteiger partial charge is 0.120 e. The van der Waals surface area contributed by atoms with Gasteiger partial charge in [0.15, 0.2) is 0 Å². The number of hydrogen-bond acceptors (Lipinski definition) is 3. The standard InChI is InChI=1S/C15H20N4/c1-5-19-9-13-14(17-18(4)16-13)12-8-6-7-11(10(2)3)15(12)19/h6-8,10H,5,9H2,1-4H3. The summed E-state index contributed by atoms with van der Waals surface area (Å²) in [5, 5.41) is 9.03. The van der Waals surface area contributed by atoms with Crippen molar-refractivity contribution in [3.05, 3.63) is 29.5 Å². The summed E-state index contributed by atoms with van der Waals surface area (Å²) in [5.74, 6) is 0.516. The zero-order chi connectivity index (χ0) is 13.6. The highest BCUT2D eigenvalue weighted by Gasteiger charge is 2.27. The number of rotatable bonds is 2. The number of anilines is 1. The summed E-state index contributed by atoms with van der Waals surface area (Å²) in [6.45, 7) is 8.54. The van der Waals surface area contributed by atoms with Gasteiger partial charge in [0.25, 0.3) is 0 Å². The van der Waals surface area contributed by atoms with E-state index in [9.17, 15) is 0 Å². The molecule has 4 heteroatoms.